The van der Waals surface area contributed by atoms with Crippen LogP contribution in [0.2, 0.25) is 0 Å². The van der Waals surface area contributed by atoms with E-state index >= 15 is 0 Å². The van der Waals surface area contributed by atoms with E-state index in [1.165, 1.54) is 6.92 Å². The summed E-state index contributed by atoms with van der Waals surface area (Å²) in [6.07, 6.45) is 0. The summed E-state index contributed by atoms with van der Waals surface area (Å²) in [6.45, 7) is 1.54. The summed E-state index contributed by atoms with van der Waals surface area (Å²) in [5.74, 6) is -2.00. The van der Waals surface area contributed by atoms with Crippen LogP contribution in [0.4, 0.5) is 11.4 Å². The van der Waals surface area contributed by atoms with E-state index in [0.717, 1.165) is 23.2 Å². The number of benzene rings is 2. The van der Waals surface area contributed by atoms with Gasteiger partial charge in [-0.05, 0) is 31.2 Å². The number of amides is 1. The summed E-state index contributed by atoms with van der Waals surface area (Å²) in [7, 11) is -4.76. The number of rotatable bonds is 5. The van der Waals surface area contributed by atoms with Crippen molar-refractivity contribution in [2.75, 3.05) is 5.01 Å². The SMILES string of the molecule is CC1=NN(c2ccccc2)C(=O)C1N=Nc1c(C(=O)O)cccc1S(=O)(=O)O. The number of carbonyl (C=O) groups excluding carboxylic acids is 1. The summed E-state index contributed by atoms with van der Waals surface area (Å²) in [5.41, 5.74) is -0.261. The first kappa shape index (κ1) is 19.3. The van der Waals surface area contributed by atoms with E-state index in [4.69, 9.17) is 0 Å². The Labute approximate surface area is 159 Å². The molecule has 2 aromatic carbocycles. The second kappa shape index (κ2) is 7.29. The van der Waals surface area contributed by atoms with E-state index in [-0.39, 0.29) is 0 Å². The van der Waals surface area contributed by atoms with Crippen LogP contribution in [0.1, 0.15) is 17.3 Å². The van der Waals surface area contributed by atoms with Gasteiger partial charge >= 0.3 is 5.97 Å². The number of carbonyl (C=O) groups is 2. The fraction of sp³-hybridized carbons (Fsp3) is 0.118. The van der Waals surface area contributed by atoms with Gasteiger partial charge in [0.05, 0.1) is 17.0 Å². The van der Waals surface area contributed by atoms with Gasteiger partial charge in [0.25, 0.3) is 16.0 Å². The highest BCUT2D eigenvalue weighted by molar-refractivity contribution is 7.86. The highest BCUT2D eigenvalue weighted by atomic mass is 32.2. The number of anilines is 1. The second-order valence-corrected chi connectivity index (χ2v) is 7.17. The molecule has 0 spiro atoms. The summed E-state index contributed by atoms with van der Waals surface area (Å²) in [5, 5.41) is 22.0. The molecule has 0 bridgehead atoms. The molecule has 1 atom stereocenters. The number of carboxylic acid groups (broad SMARTS) is 1. The standard InChI is InChI=1S/C17H14N4O6S/c1-10-14(16(22)21(20-10)11-6-3-2-4-7-11)18-19-15-12(17(23)24)8-5-9-13(15)28(25,26)27/h2-9,14H,1H3,(H,23,24)(H,25,26,27). The Morgan fingerprint density at radius 2 is 1.82 bits per heavy atom. The second-order valence-electron chi connectivity index (χ2n) is 5.78. The van der Waals surface area contributed by atoms with Gasteiger partial charge in [0, 0.05) is 0 Å². The molecule has 3 rings (SSSR count). The lowest BCUT2D eigenvalue weighted by Crippen LogP contribution is -2.29. The van der Waals surface area contributed by atoms with Gasteiger partial charge in [0.2, 0.25) is 0 Å². The van der Waals surface area contributed by atoms with Crippen LogP contribution in [0.5, 0.6) is 0 Å². The molecule has 2 aromatic rings. The molecule has 0 saturated heterocycles. The minimum Gasteiger partial charge on any atom is -0.478 e. The van der Waals surface area contributed by atoms with E-state index in [9.17, 15) is 27.7 Å². The molecular formula is C17H14N4O6S. The predicted octanol–water partition coefficient (Wildman–Crippen LogP) is 2.51. The average molecular weight is 402 g/mol. The normalized spacial score (nSPS) is 17.2. The summed E-state index contributed by atoms with van der Waals surface area (Å²) >= 11 is 0. The Balaban J connectivity index is 2.00. The minimum absolute atomic E-state index is 0.291. The van der Waals surface area contributed by atoms with E-state index in [2.05, 4.69) is 15.3 Å². The topological polar surface area (TPSA) is 149 Å². The predicted molar refractivity (Wildman–Crippen MR) is 98.6 cm³/mol. The molecule has 0 saturated carbocycles. The largest absolute Gasteiger partial charge is 0.478 e. The fourth-order valence-electron chi connectivity index (χ4n) is 2.57. The van der Waals surface area contributed by atoms with Crippen LogP contribution < -0.4 is 5.01 Å². The maximum atomic E-state index is 12.6. The number of carboxylic acids is 1. The molecule has 10 nitrogen and oxygen atoms in total. The van der Waals surface area contributed by atoms with Gasteiger partial charge in [0.15, 0.2) is 6.04 Å². The minimum atomic E-state index is -4.76. The Kier molecular flexibility index (Phi) is 5.03. The Morgan fingerprint density at radius 3 is 2.43 bits per heavy atom. The Morgan fingerprint density at radius 1 is 1.14 bits per heavy atom. The third kappa shape index (κ3) is 3.66. The van der Waals surface area contributed by atoms with Crippen molar-refractivity contribution < 1.29 is 27.7 Å². The molecule has 11 heteroatoms. The molecule has 1 aliphatic heterocycles. The highest BCUT2D eigenvalue weighted by Gasteiger charge is 2.35. The highest BCUT2D eigenvalue weighted by Crippen LogP contribution is 2.30. The first-order chi connectivity index (χ1) is 13.2. The lowest BCUT2D eigenvalue weighted by Gasteiger charge is -2.12. The molecule has 1 aliphatic rings. The Hall–Kier alpha value is -3.44. The first-order valence-corrected chi connectivity index (χ1v) is 9.33. The van der Waals surface area contributed by atoms with Crippen molar-refractivity contribution in [2.24, 2.45) is 15.3 Å². The monoisotopic (exact) mass is 402 g/mol. The van der Waals surface area contributed by atoms with Gasteiger partial charge in [-0.15, -0.1) is 0 Å². The van der Waals surface area contributed by atoms with Gasteiger partial charge < -0.3 is 5.11 Å². The van der Waals surface area contributed by atoms with E-state index < -0.39 is 44.2 Å². The molecule has 28 heavy (non-hydrogen) atoms. The van der Waals surface area contributed by atoms with Crippen molar-refractivity contribution in [3.8, 4) is 0 Å². The first-order valence-electron chi connectivity index (χ1n) is 7.89. The number of aromatic carboxylic acids is 1. The van der Waals surface area contributed by atoms with E-state index in [1.807, 2.05) is 0 Å². The van der Waals surface area contributed by atoms with Crippen molar-refractivity contribution in [1.82, 2.24) is 0 Å². The van der Waals surface area contributed by atoms with Crippen LogP contribution in [0.25, 0.3) is 0 Å². The van der Waals surface area contributed by atoms with Gasteiger partial charge in [-0.2, -0.15) is 28.8 Å². The van der Waals surface area contributed by atoms with Crippen molar-refractivity contribution in [2.45, 2.75) is 17.9 Å². The van der Waals surface area contributed by atoms with E-state index in [0.29, 0.717) is 11.4 Å². The van der Waals surface area contributed by atoms with Gasteiger partial charge in [-0.3, -0.25) is 9.35 Å². The maximum Gasteiger partial charge on any atom is 0.338 e. The molecule has 1 heterocycles. The zero-order valence-corrected chi connectivity index (χ0v) is 15.2. The number of hydrazone groups is 1. The average Bonchev–Trinajstić information content (AvgIpc) is 2.93. The molecule has 1 unspecified atom stereocenters. The number of hydrogen-bond acceptors (Lipinski definition) is 7. The number of azo groups is 1. The zero-order valence-electron chi connectivity index (χ0n) is 14.4. The molecule has 1 amide bonds. The lowest BCUT2D eigenvalue weighted by atomic mass is 10.2. The smallest absolute Gasteiger partial charge is 0.338 e. The van der Waals surface area contributed by atoms with Crippen molar-refractivity contribution in [3.05, 3.63) is 54.1 Å². The van der Waals surface area contributed by atoms with Gasteiger partial charge in [-0.1, -0.05) is 24.3 Å². The van der Waals surface area contributed by atoms with Crippen LogP contribution in [0.3, 0.4) is 0 Å². The van der Waals surface area contributed by atoms with Crippen LogP contribution in [-0.4, -0.2) is 41.7 Å². The molecular weight excluding hydrogens is 388 g/mol. The third-order valence-electron chi connectivity index (χ3n) is 3.88. The van der Waals surface area contributed by atoms with E-state index in [1.54, 1.807) is 30.3 Å². The van der Waals surface area contributed by atoms with Crippen molar-refractivity contribution in [3.63, 3.8) is 0 Å². The molecule has 0 aliphatic carbocycles. The van der Waals surface area contributed by atoms with Crippen LogP contribution >= 0.6 is 0 Å². The molecule has 0 radical (unpaired) electrons. The molecule has 0 aromatic heterocycles. The summed E-state index contributed by atoms with van der Waals surface area (Å²) in [6, 6.07) is 10.7. The van der Waals surface area contributed by atoms with Crippen LogP contribution in [0.15, 0.2) is 68.8 Å². The summed E-state index contributed by atoms with van der Waals surface area (Å²) in [4.78, 5) is 23.3. The quantitative estimate of drug-likeness (QED) is 0.579. The van der Waals surface area contributed by atoms with Gasteiger partial charge in [-0.25, -0.2) is 4.79 Å². The number of para-hydroxylation sites is 1. The third-order valence-corrected chi connectivity index (χ3v) is 4.76. The molecule has 2 N–H and O–H groups in total. The van der Waals surface area contributed by atoms with Crippen LogP contribution in [0, 0.1) is 0 Å². The Bertz CT molecular complexity index is 1110. The lowest BCUT2D eigenvalue weighted by molar-refractivity contribution is -0.117. The zero-order chi connectivity index (χ0) is 20.5. The van der Waals surface area contributed by atoms with Crippen LogP contribution in [-0.2, 0) is 14.9 Å². The van der Waals surface area contributed by atoms with Gasteiger partial charge in [0.1, 0.15) is 10.6 Å². The van der Waals surface area contributed by atoms with Crippen molar-refractivity contribution >= 4 is 39.1 Å². The fourth-order valence-corrected chi connectivity index (χ4v) is 3.21. The van der Waals surface area contributed by atoms with Crippen molar-refractivity contribution in [1.29, 1.82) is 0 Å². The number of nitrogens with zero attached hydrogens (tertiary/aromatic N) is 4. The summed E-state index contributed by atoms with van der Waals surface area (Å²) < 4.78 is 32.4. The molecule has 0 fully saturated rings. The maximum absolute atomic E-state index is 12.6. The molecule has 144 valence electrons. The number of hydrogen-bond donors (Lipinski definition) is 2.